The molecule has 0 radical (unpaired) electrons. The van der Waals surface area contributed by atoms with Gasteiger partial charge in [-0.3, -0.25) is 9.69 Å². The number of fused-ring (bicyclic) bond motifs is 3. The van der Waals surface area contributed by atoms with Crippen molar-refractivity contribution in [2.75, 3.05) is 19.7 Å². The summed E-state index contributed by atoms with van der Waals surface area (Å²) in [5.41, 5.74) is 1.01. The van der Waals surface area contributed by atoms with Gasteiger partial charge in [0.05, 0.1) is 12.2 Å². The molecule has 2 aliphatic rings. The summed E-state index contributed by atoms with van der Waals surface area (Å²) in [5, 5.41) is 13.9. The third kappa shape index (κ3) is 2.29. The summed E-state index contributed by atoms with van der Waals surface area (Å²) in [7, 11) is 0. The zero-order chi connectivity index (χ0) is 16.7. The van der Waals surface area contributed by atoms with E-state index < -0.39 is 11.4 Å². The molecule has 6 heteroatoms. The Balaban J connectivity index is 1.63. The number of carboxylic acids is 1. The second-order valence-electron chi connectivity index (χ2n) is 6.65. The Bertz CT molecular complexity index is 772. The fraction of sp³-hybridized carbons (Fsp3) is 0.444. The van der Waals surface area contributed by atoms with Gasteiger partial charge < -0.3 is 14.4 Å². The molecule has 1 N–H and O–H groups in total. The first-order valence-corrected chi connectivity index (χ1v) is 8.24. The van der Waals surface area contributed by atoms with E-state index in [1.807, 2.05) is 37.3 Å². The van der Waals surface area contributed by atoms with Crippen LogP contribution in [0.3, 0.4) is 0 Å². The molecule has 0 saturated carbocycles. The number of hydrogen-bond donors (Lipinski definition) is 1. The maximum atomic E-state index is 12.1. The van der Waals surface area contributed by atoms with Crippen molar-refractivity contribution in [3.63, 3.8) is 0 Å². The van der Waals surface area contributed by atoms with E-state index in [0.29, 0.717) is 19.6 Å². The molecule has 0 spiro atoms. The summed E-state index contributed by atoms with van der Waals surface area (Å²) in [6, 6.07) is 9.68. The van der Waals surface area contributed by atoms with Crippen LogP contribution in [0, 0.1) is 5.41 Å². The van der Waals surface area contributed by atoms with Crippen LogP contribution in [0.4, 0.5) is 0 Å². The van der Waals surface area contributed by atoms with Gasteiger partial charge in [0.25, 0.3) is 0 Å². The molecule has 0 amide bonds. The molecule has 0 unspecified atom stereocenters. The molecule has 6 nitrogen and oxygen atoms in total. The van der Waals surface area contributed by atoms with Crippen molar-refractivity contribution in [1.82, 2.24) is 10.1 Å². The number of aryl methyl sites for hydroxylation is 1. The smallest absolute Gasteiger partial charge is 0.315 e. The summed E-state index contributed by atoms with van der Waals surface area (Å²) in [5.74, 6) is 0.708. The van der Waals surface area contributed by atoms with E-state index in [2.05, 4.69) is 10.1 Å². The van der Waals surface area contributed by atoms with Gasteiger partial charge in [0.1, 0.15) is 17.8 Å². The first-order valence-electron chi connectivity index (χ1n) is 8.24. The molecule has 1 saturated heterocycles. The fourth-order valence-electron chi connectivity index (χ4n) is 3.87. The molecule has 0 bridgehead atoms. The van der Waals surface area contributed by atoms with Crippen molar-refractivity contribution < 1.29 is 19.2 Å². The van der Waals surface area contributed by atoms with Gasteiger partial charge in [-0.15, -0.1) is 0 Å². The quantitative estimate of drug-likeness (QED) is 0.928. The van der Waals surface area contributed by atoms with Crippen LogP contribution in [-0.2, 0) is 17.8 Å². The van der Waals surface area contributed by atoms with Crippen LogP contribution in [0.15, 0.2) is 34.9 Å². The highest BCUT2D eigenvalue weighted by molar-refractivity contribution is 5.78. The van der Waals surface area contributed by atoms with Crippen molar-refractivity contribution in [2.45, 2.75) is 25.8 Å². The zero-order valence-corrected chi connectivity index (χ0v) is 13.6. The maximum Gasteiger partial charge on any atom is 0.315 e. The van der Waals surface area contributed by atoms with Crippen LogP contribution >= 0.6 is 0 Å². The van der Waals surface area contributed by atoms with Gasteiger partial charge in [-0.05, 0) is 18.1 Å². The molecule has 3 heterocycles. The molecule has 4 rings (SSSR count). The number of carbonyl (C=O) groups is 1. The normalized spacial score (nSPS) is 25.8. The Labute approximate surface area is 140 Å². The lowest BCUT2D eigenvalue weighted by Crippen LogP contribution is -2.45. The first kappa shape index (κ1) is 15.2. The van der Waals surface area contributed by atoms with E-state index in [9.17, 15) is 9.90 Å². The number of para-hydroxylation sites is 1. The molecule has 1 fully saturated rings. The topological polar surface area (TPSA) is 75.8 Å². The molecule has 1 aromatic heterocycles. The maximum absolute atomic E-state index is 12.1. The van der Waals surface area contributed by atoms with E-state index in [-0.39, 0.29) is 12.5 Å². The number of nitrogens with zero attached hydrogens (tertiary/aromatic N) is 2. The minimum atomic E-state index is -0.901. The van der Waals surface area contributed by atoms with Gasteiger partial charge in [0.2, 0.25) is 0 Å². The average Bonchev–Trinajstić information content (AvgIpc) is 3.19. The molecule has 2 aliphatic heterocycles. The largest absolute Gasteiger partial charge is 0.492 e. The summed E-state index contributed by atoms with van der Waals surface area (Å²) in [6.45, 7) is 3.93. The number of carboxylic acid groups (broad SMARTS) is 1. The van der Waals surface area contributed by atoms with Crippen molar-refractivity contribution in [1.29, 1.82) is 0 Å². The van der Waals surface area contributed by atoms with Crippen LogP contribution in [0.25, 0.3) is 0 Å². The van der Waals surface area contributed by atoms with Crippen molar-refractivity contribution in [2.24, 2.45) is 5.41 Å². The van der Waals surface area contributed by atoms with Crippen LogP contribution < -0.4 is 4.74 Å². The molecule has 2 atom stereocenters. The summed E-state index contributed by atoms with van der Waals surface area (Å²) in [4.78, 5) is 14.2. The van der Waals surface area contributed by atoms with Gasteiger partial charge in [0.15, 0.2) is 5.76 Å². The van der Waals surface area contributed by atoms with E-state index in [1.54, 1.807) is 0 Å². The molecule has 24 heavy (non-hydrogen) atoms. The van der Waals surface area contributed by atoms with Crippen molar-refractivity contribution in [3.8, 4) is 5.75 Å². The van der Waals surface area contributed by atoms with Gasteiger partial charge >= 0.3 is 5.97 Å². The van der Waals surface area contributed by atoms with E-state index >= 15 is 0 Å². The predicted molar refractivity (Wildman–Crippen MR) is 85.9 cm³/mol. The number of hydrogen-bond acceptors (Lipinski definition) is 5. The van der Waals surface area contributed by atoms with Crippen LogP contribution in [0.1, 0.15) is 29.9 Å². The molecule has 1 aromatic carbocycles. The van der Waals surface area contributed by atoms with Gasteiger partial charge in [-0.2, -0.15) is 0 Å². The number of likely N-dealkylation sites (tertiary alicyclic amines) is 1. The molecular weight excluding hydrogens is 308 g/mol. The third-order valence-corrected chi connectivity index (χ3v) is 5.17. The summed E-state index contributed by atoms with van der Waals surface area (Å²) in [6.07, 6.45) is 0.826. The lowest BCUT2D eigenvalue weighted by molar-refractivity contribution is -0.151. The second kappa shape index (κ2) is 5.63. The number of rotatable bonds is 4. The number of benzene rings is 1. The van der Waals surface area contributed by atoms with E-state index in [4.69, 9.17) is 9.26 Å². The van der Waals surface area contributed by atoms with Gasteiger partial charge in [-0.25, -0.2) is 0 Å². The van der Waals surface area contributed by atoms with Crippen molar-refractivity contribution in [3.05, 3.63) is 47.3 Å². The SMILES string of the molecule is CCc1cc(CN2C[C@@H]3c4ccccc4OC[C@]3(C(=O)O)C2)on1. The molecular formula is C18H20N2O4. The van der Waals surface area contributed by atoms with Gasteiger partial charge in [0, 0.05) is 25.1 Å². The highest BCUT2D eigenvalue weighted by atomic mass is 16.5. The standard InChI is InChI=1S/C18H20N2O4/c1-2-12-7-13(24-19-12)8-20-9-15-14-5-3-4-6-16(14)23-11-18(15,10-20)17(21)22/h3-7,15H,2,8-11H2,1H3,(H,21,22)/t15-,18-/m1/s1. The minimum absolute atomic E-state index is 0.0754. The third-order valence-electron chi connectivity index (χ3n) is 5.17. The lowest BCUT2D eigenvalue weighted by atomic mass is 9.73. The van der Waals surface area contributed by atoms with Gasteiger partial charge in [-0.1, -0.05) is 30.3 Å². The number of ether oxygens (including phenoxy) is 1. The Morgan fingerprint density at radius 3 is 3.04 bits per heavy atom. The monoisotopic (exact) mass is 328 g/mol. The highest BCUT2D eigenvalue weighted by Crippen LogP contribution is 2.49. The fourth-order valence-corrected chi connectivity index (χ4v) is 3.87. The Kier molecular flexibility index (Phi) is 3.57. The summed E-state index contributed by atoms with van der Waals surface area (Å²) >= 11 is 0. The lowest BCUT2D eigenvalue weighted by Gasteiger charge is -2.35. The average molecular weight is 328 g/mol. The van der Waals surface area contributed by atoms with Crippen LogP contribution in [0.2, 0.25) is 0 Å². The molecule has 0 aliphatic carbocycles. The Morgan fingerprint density at radius 2 is 2.29 bits per heavy atom. The number of aliphatic carboxylic acids is 1. The highest BCUT2D eigenvalue weighted by Gasteiger charge is 2.56. The Hall–Kier alpha value is -2.34. The zero-order valence-electron chi connectivity index (χ0n) is 13.6. The van der Waals surface area contributed by atoms with Crippen molar-refractivity contribution >= 4 is 5.97 Å². The first-order chi connectivity index (χ1) is 11.6. The van der Waals surface area contributed by atoms with E-state index in [1.165, 1.54) is 0 Å². The minimum Gasteiger partial charge on any atom is -0.492 e. The number of aromatic nitrogens is 1. The Morgan fingerprint density at radius 1 is 1.46 bits per heavy atom. The molecule has 126 valence electrons. The predicted octanol–water partition coefficient (Wildman–Crippen LogP) is 2.30. The summed E-state index contributed by atoms with van der Waals surface area (Å²) < 4.78 is 11.1. The van der Waals surface area contributed by atoms with Crippen LogP contribution in [0.5, 0.6) is 5.75 Å². The van der Waals surface area contributed by atoms with E-state index in [0.717, 1.165) is 29.2 Å². The van der Waals surface area contributed by atoms with Crippen LogP contribution in [-0.4, -0.2) is 40.8 Å². The second-order valence-corrected chi connectivity index (χ2v) is 6.65. The molecule has 2 aromatic rings.